The van der Waals surface area contributed by atoms with Crippen LogP contribution < -0.4 is 0 Å². The topological polar surface area (TPSA) is 47.8 Å². The first kappa shape index (κ1) is 13.0. The van der Waals surface area contributed by atoms with E-state index in [1.165, 1.54) is 0 Å². The highest BCUT2D eigenvalue weighted by molar-refractivity contribution is 9.10. The van der Waals surface area contributed by atoms with Gasteiger partial charge >= 0.3 is 0 Å². The van der Waals surface area contributed by atoms with E-state index in [1.807, 2.05) is 26.0 Å². The van der Waals surface area contributed by atoms with Gasteiger partial charge in [-0.15, -0.1) is 0 Å². The maximum Gasteiger partial charge on any atom is 0.186 e. The molecule has 0 aliphatic rings. The van der Waals surface area contributed by atoms with Crippen molar-refractivity contribution in [1.82, 2.24) is 14.8 Å². The number of carbonyl (C=O) groups excluding carboxylic acids is 1. The number of ketones is 1. The molecule has 5 heteroatoms. The van der Waals surface area contributed by atoms with Gasteiger partial charge in [0, 0.05) is 24.9 Å². The first-order valence-electron chi connectivity index (χ1n) is 5.74. The fourth-order valence-electron chi connectivity index (χ4n) is 1.76. The maximum absolute atomic E-state index is 12.3. The number of hydrogen-bond donors (Lipinski definition) is 0. The van der Waals surface area contributed by atoms with E-state index in [9.17, 15) is 4.79 Å². The molecule has 2 rings (SSSR count). The predicted molar refractivity (Wildman–Crippen MR) is 72.6 cm³/mol. The molecule has 0 radical (unpaired) electrons. The molecule has 0 atom stereocenters. The third-order valence-electron chi connectivity index (χ3n) is 2.62. The molecule has 0 N–H and O–H groups in total. The molecule has 18 heavy (non-hydrogen) atoms. The van der Waals surface area contributed by atoms with Crippen LogP contribution >= 0.6 is 15.9 Å². The maximum atomic E-state index is 12.3. The lowest BCUT2D eigenvalue weighted by Gasteiger charge is -2.10. The van der Waals surface area contributed by atoms with Crippen molar-refractivity contribution < 1.29 is 4.79 Å². The second-order valence-corrected chi connectivity index (χ2v) is 5.19. The van der Waals surface area contributed by atoms with E-state index >= 15 is 0 Å². The zero-order valence-corrected chi connectivity index (χ0v) is 11.9. The Morgan fingerprint density at radius 2 is 2.06 bits per heavy atom. The largest absolute Gasteiger partial charge is 0.292 e. The van der Waals surface area contributed by atoms with Crippen molar-refractivity contribution in [2.45, 2.75) is 26.3 Å². The number of Topliss-reactive ketones (excluding diaryl/α,β-unsaturated/α-hetero) is 1. The van der Waals surface area contributed by atoms with Crippen molar-refractivity contribution in [3.63, 3.8) is 0 Å². The van der Waals surface area contributed by atoms with Crippen molar-refractivity contribution in [2.24, 2.45) is 0 Å². The number of halogens is 1. The molecule has 4 nitrogen and oxygen atoms in total. The number of pyridine rings is 1. The van der Waals surface area contributed by atoms with E-state index in [0.717, 1.165) is 10.0 Å². The highest BCUT2D eigenvalue weighted by Gasteiger charge is 2.18. The Bertz CT molecular complexity index is 549. The Balaban J connectivity index is 2.27. The SMILES string of the molecule is CC(C)n1ncc(Br)c1C(=O)Cc1ccncc1. The first-order valence-corrected chi connectivity index (χ1v) is 6.54. The molecule has 0 aliphatic carbocycles. The normalized spacial score (nSPS) is 10.9. The molecule has 2 aromatic heterocycles. The number of carbonyl (C=O) groups is 1. The minimum Gasteiger partial charge on any atom is -0.292 e. The van der Waals surface area contributed by atoms with Gasteiger partial charge in [-0.25, -0.2) is 0 Å². The van der Waals surface area contributed by atoms with Crippen LogP contribution in [0, 0.1) is 0 Å². The average Bonchev–Trinajstić information content (AvgIpc) is 2.72. The van der Waals surface area contributed by atoms with E-state index in [2.05, 4.69) is 26.0 Å². The highest BCUT2D eigenvalue weighted by atomic mass is 79.9. The molecule has 0 aromatic carbocycles. The second kappa shape index (κ2) is 5.44. The zero-order valence-electron chi connectivity index (χ0n) is 10.3. The van der Waals surface area contributed by atoms with Gasteiger partial charge in [-0.2, -0.15) is 5.10 Å². The van der Waals surface area contributed by atoms with E-state index in [4.69, 9.17) is 0 Å². The molecular weight excluding hydrogens is 294 g/mol. The summed E-state index contributed by atoms with van der Waals surface area (Å²) in [6, 6.07) is 3.86. The summed E-state index contributed by atoms with van der Waals surface area (Å²) in [5.41, 5.74) is 1.58. The molecule has 0 aliphatic heterocycles. The van der Waals surface area contributed by atoms with Crippen molar-refractivity contribution >= 4 is 21.7 Å². The van der Waals surface area contributed by atoms with Gasteiger partial charge in [0.2, 0.25) is 0 Å². The number of aromatic nitrogens is 3. The fraction of sp³-hybridized carbons (Fsp3) is 0.308. The van der Waals surface area contributed by atoms with Gasteiger partial charge < -0.3 is 0 Å². The molecule has 0 amide bonds. The summed E-state index contributed by atoms with van der Waals surface area (Å²) in [5.74, 6) is 0.0549. The van der Waals surface area contributed by atoms with Crippen LogP contribution in [-0.4, -0.2) is 20.5 Å². The van der Waals surface area contributed by atoms with Crippen molar-refractivity contribution in [1.29, 1.82) is 0 Å². The lowest BCUT2D eigenvalue weighted by molar-refractivity contribution is 0.0980. The number of hydrogen-bond acceptors (Lipinski definition) is 3. The quantitative estimate of drug-likeness (QED) is 0.816. The summed E-state index contributed by atoms with van der Waals surface area (Å²) < 4.78 is 2.49. The van der Waals surface area contributed by atoms with Crippen LogP contribution in [0.15, 0.2) is 35.2 Å². The summed E-state index contributed by atoms with van der Waals surface area (Å²) in [4.78, 5) is 16.3. The molecule has 0 saturated carbocycles. The highest BCUT2D eigenvalue weighted by Crippen LogP contribution is 2.21. The van der Waals surface area contributed by atoms with Crippen LogP contribution in [0.25, 0.3) is 0 Å². The Kier molecular flexibility index (Phi) is 3.91. The molecule has 0 bridgehead atoms. The fourth-order valence-corrected chi connectivity index (χ4v) is 2.26. The van der Waals surface area contributed by atoms with Crippen LogP contribution in [0.2, 0.25) is 0 Å². The van der Waals surface area contributed by atoms with Gasteiger partial charge in [0.25, 0.3) is 0 Å². The van der Waals surface area contributed by atoms with Gasteiger partial charge in [-0.3, -0.25) is 14.5 Å². The molecule has 2 heterocycles. The smallest absolute Gasteiger partial charge is 0.186 e. The summed E-state index contributed by atoms with van der Waals surface area (Å²) in [7, 11) is 0. The lowest BCUT2D eigenvalue weighted by atomic mass is 10.1. The van der Waals surface area contributed by atoms with Crippen LogP contribution in [0.5, 0.6) is 0 Å². The van der Waals surface area contributed by atoms with E-state index in [0.29, 0.717) is 12.1 Å². The van der Waals surface area contributed by atoms with Crippen molar-refractivity contribution in [3.8, 4) is 0 Å². The third-order valence-corrected chi connectivity index (χ3v) is 3.20. The minimum absolute atomic E-state index is 0.0549. The zero-order chi connectivity index (χ0) is 13.1. The summed E-state index contributed by atoms with van der Waals surface area (Å²) in [6.07, 6.45) is 5.41. The molecule has 0 spiro atoms. The molecular formula is C13H14BrN3O. The Labute approximate surface area is 114 Å². The van der Waals surface area contributed by atoms with Gasteiger partial charge in [0.15, 0.2) is 5.78 Å². The molecule has 94 valence electrons. The molecule has 0 unspecified atom stereocenters. The summed E-state index contributed by atoms with van der Waals surface area (Å²) in [6.45, 7) is 4.01. The number of rotatable bonds is 4. The van der Waals surface area contributed by atoms with Crippen molar-refractivity contribution in [2.75, 3.05) is 0 Å². The van der Waals surface area contributed by atoms with Gasteiger partial charge in [0.1, 0.15) is 5.69 Å². The number of nitrogens with zero attached hydrogens (tertiary/aromatic N) is 3. The van der Waals surface area contributed by atoms with Crippen molar-refractivity contribution in [3.05, 3.63) is 46.5 Å². The summed E-state index contributed by atoms with van der Waals surface area (Å²) in [5, 5.41) is 4.21. The van der Waals surface area contributed by atoms with E-state index in [-0.39, 0.29) is 11.8 Å². The van der Waals surface area contributed by atoms with Crippen LogP contribution in [0.3, 0.4) is 0 Å². The predicted octanol–water partition coefficient (Wildman–Crippen LogP) is 3.05. The third kappa shape index (κ3) is 2.67. The van der Waals surface area contributed by atoms with Gasteiger partial charge in [-0.1, -0.05) is 0 Å². The summed E-state index contributed by atoms with van der Waals surface area (Å²) >= 11 is 3.38. The Morgan fingerprint density at radius 3 is 2.67 bits per heavy atom. The standard InChI is InChI=1S/C13H14BrN3O/c1-9(2)17-13(11(14)8-16-17)12(18)7-10-3-5-15-6-4-10/h3-6,8-9H,7H2,1-2H3. The average molecular weight is 308 g/mol. The molecule has 0 saturated heterocycles. The van der Waals surface area contributed by atoms with Gasteiger partial charge in [-0.05, 0) is 47.5 Å². The van der Waals surface area contributed by atoms with Gasteiger partial charge in [0.05, 0.1) is 10.7 Å². The minimum atomic E-state index is 0.0549. The van der Waals surface area contributed by atoms with Crippen LogP contribution in [0.4, 0.5) is 0 Å². The van der Waals surface area contributed by atoms with E-state index in [1.54, 1.807) is 23.3 Å². The lowest BCUT2D eigenvalue weighted by Crippen LogP contribution is -2.14. The monoisotopic (exact) mass is 307 g/mol. The Morgan fingerprint density at radius 1 is 1.39 bits per heavy atom. The molecule has 0 fully saturated rings. The second-order valence-electron chi connectivity index (χ2n) is 4.33. The van der Waals surface area contributed by atoms with Crippen LogP contribution in [0.1, 0.15) is 35.9 Å². The first-order chi connectivity index (χ1) is 8.59. The molecule has 2 aromatic rings. The Hall–Kier alpha value is -1.49. The van der Waals surface area contributed by atoms with Crippen LogP contribution in [-0.2, 0) is 6.42 Å². The van der Waals surface area contributed by atoms with E-state index < -0.39 is 0 Å².